The summed E-state index contributed by atoms with van der Waals surface area (Å²) in [4.78, 5) is 13.0. The van der Waals surface area contributed by atoms with Crippen molar-refractivity contribution >= 4 is 17.5 Å². The summed E-state index contributed by atoms with van der Waals surface area (Å²) >= 11 is 5.34. The topological polar surface area (TPSA) is 32.3 Å². The SMILES string of the molecule is CN1CC[C@H](NC(=O)CCl)C1. The number of halogens is 1. The smallest absolute Gasteiger partial charge is 0.235 e. The molecule has 0 aliphatic carbocycles. The predicted molar refractivity (Wildman–Crippen MR) is 44.8 cm³/mol. The van der Waals surface area contributed by atoms with Gasteiger partial charge < -0.3 is 10.2 Å². The Kier molecular flexibility index (Phi) is 3.15. The molecule has 1 saturated heterocycles. The van der Waals surface area contributed by atoms with Crippen molar-refractivity contribution in [3.63, 3.8) is 0 Å². The maximum Gasteiger partial charge on any atom is 0.235 e. The zero-order chi connectivity index (χ0) is 8.27. The minimum atomic E-state index is -0.0630. The first kappa shape index (κ1) is 8.81. The van der Waals surface area contributed by atoms with Crippen LogP contribution in [0.1, 0.15) is 6.42 Å². The van der Waals surface area contributed by atoms with Crippen molar-refractivity contribution in [2.24, 2.45) is 0 Å². The summed E-state index contributed by atoms with van der Waals surface area (Å²) in [6.45, 7) is 2.01. The van der Waals surface area contributed by atoms with E-state index in [4.69, 9.17) is 11.6 Å². The highest BCUT2D eigenvalue weighted by Gasteiger charge is 2.20. The van der Waals surface area contributed by atoms with Gasteiger partial charge >= 0.3 is 0 Å². The fourth-order valence-corrected chi connectivity index (χ4v) is 1.40. The van der Waals surface area contributed by atoms with E-state index in [1.54, 1.807) is 0 Å². The first-order chi connectivity index (χ1) is 5.22. The molecule has 1 rings (SSSR count). The van der Waals surface area contributed by atoms with Gasteiger partial charge in [0.25, 0.3) is 0 Å². The molecule has 0 aromatic carbocycles. The Morgan fingerprint density at radius 3 is 3.00 bits per heavy atom. The molecule has 0 aromatic heterocycles. The molecule has 0 radical (unpaired) electrons. The lowest BCUT2D eigenvalue weighted by Gasteiger charge is -2.10. The number of hydrogen-bond acceptors (Lipinski definition) is 2. The van der Waals surface area contributed by atoms with Crippen molar-refractivity contribution in [3.05, 3.63) is 0 Å². The summed E-state index contributed by atoms with van der Waals surface area (Å²) in [6.07, 6.45) is 1.04. The van der Waals surface area contributed by atoms with E-state index in [9.17, 15) is 4.79 Å². The van der Waals surface area contributed by atoms with E-state index in [1.807, 2.05) is 7.05 Å². The van der Waals surface area contributed by atoms with Gasteiger partial charge in [0.2, 0.25) is 5.91 Å². The highest BCUT2D eigenvalue weighted by molar-refractivity contribution is 6.27. The third-order valence-corrected chi connectivity index (χ3v) is 2.12. The van der Waals surface area contributed by atoms with Crippen LogP contribution in [0.5, 0.6) is 0 Å². The van der Waals surface area contributed by atoms with Crippen LogP contribution in [0.4, 0.5) is 0 Å². The lowest BCUT2D eigenvalue weighted by atomic mass is 10.3. The maximum absolute atomic E-state index is 10.8. The average Bonchev–Trinajstić information content (AvgIpc) is 2.35. The van der Waals surface area contributed by atoms with Crippen LogP contribution in [0.2, 0.25) is 0 Å². The molecule has 1 fully saturated rings. The van der Waals surface area contributed by atoms with Crippen LogP contribution in [-0.4, -0.2) is 42.9 Å². The molecule has 1 aliphatic rings. The van der Waals surface area contributed by atoms with E-state index < -0.39 is 0 Å². The second-order valence-corrected chi connectivity index (χ2v) is 3.22. The van der Waals surface area contributed by atoms with Crippen LogP contribution >= 0.6 is 11.6 Å². The minimum Gasteiger partial charge on any atom is -0.351 e. The van der Waals surface area contributed by atoms with Crippen molar-refractivity contribution in [3.8, 4) is 0 Å². The van der Waals surface area contributed by atoms with Gasteiger partial charge in [-0.15, -0.1) is 11.6 Å². The number of hydrogen-bond donors (Lipinski definition) is 1. The molecule has 0 unspecified atom stereocenters. The zero-order valence-corrected chi connectivity index (χ0v) is 7.40. The number of alkyl halides is 1. The molecule has 11 heavy (non-hydrogen) atoms. The van der Waals surface area contributed by atoms with Crippen molar-refractivity contribution in [2.45, 2.75) is 12.5 Å². The first-order valence-corrected chi connectivity index (χ1v) is 4.29. The molecule has 64 valence electrons. The number of rotatable bonds is 2. The average molecular weight is 177 g/mol. The van der Waals surface area contributed by atoms with E-state index in [0.717, 1.165) is 19.5 Å². The van der Waals surface area contributed by atoms with Gasteiger partial charge in [-0.25, -0.2) is 0 Å². The molecule has 0 aromatic rings. The second-order valence-electron chi connectivity index (χ2n) is 2.95. The molecule has 1 aliphatic heterocycles. The third kappa shape index (κ3) is 2.67. The van der Waals surface area contributed by atoms with E-state index in [0.29, 0.717) is 6.04 Å². The molecule has 3 nitrogen and oxygen atoms in total. The van der Waals surface area contributed by atoms with Gasteiger partial charge in [0, 0.05) is 12.6 Å². The Labute approximate surface area is 71.7 Å². The van der Waals surface area contributed by atoms with Crippen LogP contribution in [-0.2, 0) is 4.79 Å². The first-order valence-electron chi connectivity index (χ1n) is 3.76. The lowest BCUT2D eigenvalue weighted by Crippen LogP contribution is -2.37. The summed E-state index contributed by atoms with van der Waals surface area (Å²) in [5, 5.41) is 2.85. The van der Waals surface area contributed by atoms with Gasteiger partial charge in [-0.2, -0.15) is 0 Å². The largest absolute Gasteiger partial charge is 0.351 e. The Morgan fingerprint density at radius 2 is 2.55 bits per heavy atom. The summed E-state index contributed by atoms with van der Waals surface area (Å²) in [5.74, 6) is 0.00666. The fourth-order valence-electron chi connectivity index (χ4n) is 1.32. The van der Waals surface area contributed by atoms with Gasteiger partial charge in [-0.3, -0.25) is 4.79 Å². The lowest BCUT2D eigenvalue weighted by molar-refractivity contribution is -0.119. The number of likely N-dealkylation sites (tertiary alicyclic amines) is 1. The van der Waals surface area contributed by atoms with E-state index >= 15 is 0 Å². The molecular weight excluding hydrogens is 164 g/mol. The number of nitrogens with zero attached hydrogens (tertiary/aromatic N) is 1. The van der Waals surface area contributed by atoms with Crippen LogP contribution in [0.15, 0.2) is 0 Å². The molecule has 1 heterocycles. The Bertz CT molecular complexity index is 151. The number of carbonyl (C=O) groups is 1. The molecular formula is C7H13ClN2O. The number of nitrogens with one attached hydrogen (secondary N) is 1. The molecule has 1 amide bonds. The quantitative estimate of drug-likeness (QED) is 0.603. The molecule has 1 N–H and O–H groups in total. The summed E-state index contributed by atoms with van der Waals surface area (Å²) in [7, 11) is 2.05. The Morgan fingerprint density at radius 1 is 1.82 bits per heavy atom. The highest BCUT2D eigenvalue weighted by atomic mass is 35.5. The fraction of sp³-hybridized carbons (Fsp3) is 0.857. The van der Waals surface area contributed by atoms with Crippen molar-refractivity contribution < 1.29 is 4.79 Å². The summed E-state index contributed by atoms with van der Waals surface area (Å²) in [6, 6.07) is 0.311. The number of carbonyl (C=O) groups excluding carboxylic acids is 1. The monoisotopic (exact) mass is 176 g/mol. The van der Waals surface area contributed by atoms with Gasteiger partial charge in [-0.05, 0) is 20.0 Å². The van der Waals surface area contributed by atoms with Crippen LogP contribution in [0.3, 0.4) is 0 Å². The molecule has 4 heteroatoms. The van der Waals surface area contributed by atoms with Gasteiger partial charge in [-0.1, -0.05) is 0 Å². The zero-order valence-electron chi connectivity index (χ0n) is 6.64. The van der Waals surface area contributed by atoms with E-state index in [2.05, 4.69) is 10.2 Å². The van der Waals surface area contributed by atoms with E-state index in [-0.39, 0.29) is 11.8 Å². The van der Waals surface area contributed by atoms with Gasteiger partial charge in [0.05, 0.1) is 0 Å². The third-order valence-electron chi connectivity index (χ3n) is 1.88. The van der Waals surface area contributed by atoms with E-state index in [1.165, 1.54) is 0 Å². The predicted octanol–water partition coefficient (Wildman–Crippen LogP) is 0.0455. The normalized spacial score (nSPS) is 25.5. The van der Waals surface area contributed by atoms with Crippen molar-refractivity contribution in [2.75, 3.05) is 26.0 Å². The van der Waals surface area contributed by atoms with Crippen molar-refractivity contribution in [1.29, 1.82) is 0 Å². The van der Waals surface area contributed by atoms with Crippen LogP contribution < -0.4 is 5.32 Å². The molecule has 0 saturated carbocycles. The Balaban J connectivity index is 2.23. The van der Waals surface area contributed by atoms with Gasteiger partial charge in [0.15, 0.2) is 0 Å². The van der Waals surface area contributed by atoms with Crippen LogP contribution in [0, 0.1) is 0 Å². The Hall–Kier alpha value is -0.280. The second kappa shape index (κ2) is 3.93. The molecule has 0 bridgehead atoms. The number of amides is 1. The maximum atomic E-state index is 10.8. The standard InChI is InChI=1S/C7H13ClN2O/c1-10-3-2-6(5-10)9-7(11)4-8/h6H,2-5H2,1H3,(H,9,11)/t6-/m0/s1. The van der Waals surface area contributed by atoms with Crippen molar-refractivity contribution in [1.82, 2.24) is 10.2 Å². The van der Waals surface area contributed by atoms with Crippen LogP contribution in [0.25, 0.3) is 0 Å². The summed E-state index contributed by atoms with van der Waals surface area (Å²) < 4.78 is 0. The minimum absolute atomic E-state index is 0.0630. The highest BCUT2D eigenvalue weighted by Crippen LogP contribution is 2.05. The summed E-state index contributed by atoms with van der Waals surface area (Å²) in [5.41, 5.74) is 0. The van der Waals surface area contributed by atoms with Gasteiger partial charge in [0.1, 0.15) is 5.88 Å². The molecule has 1 atom stereocenters. The number of likely N-dealkylation sites (N-methyl/N-ethyl adjacent to an activating group) is 1. The molecule has 0 spiro atoms.